The van der Waals surface area contributed by atoms with Crippen molar-refractivity contribution in [1.82, 2.24) is 0 Å². The third-order valence-corrected chi connectivity index (χ3v) is 4.83. The van der Waals surface area contributed by atoms with E-state index in [9.17, 15) is 14.5 Å². The number of nitro benzene ring substituents is 1. The number of benzene rings is 1. The van der Waals surface area contributed by atoms with Crippen molar-refractivity contribution in [3.8, 4) is 5.75 Å². The van der Waals surface area contributed by atoms with Crippen LogP contribution in [0.25, 0.3) is 0 Å². The Labute approximate surface area is 129 Å². The summed E-state index contributed by atoms with van der Waals surface area (Å²) in [5, 5.41) is 10.6. The normalized spacial score (nSPS) is 18.0. The van der Waals surface area contributed by atoms with E-state index >= 15 is 0 Å². The fraction of sp³-hybridized carbons (Fsp3) is 0.600. The highest BCUT2D eigenvalue weighted by Crippen LogP contribution is 2.37. The first-order valence-corrected chi connectivity index (χ1v) is 7.87. The van der Waals surface area contributed by atoms with Crippen molar-refractivity contribution in [3.63, 3.8) is 0 Å². The van der Waals surface area contributed by atoms with E-state index in [-0.39, 0.29) is 16.9 Å². The van der Waals surface area contributed by atoms with Gasteiger partial charge in [0.1, 0.15) is 0 Å². The highest BCUT2D eigenvalue weighted by atomic mass is 32.1. The van der Waals surface area contributed by atoms with Gasteiger partial charge in [0.25, 0.3) is 5.69 Å². The lowest BCUT2D eigenvalue weighted by Crippen LogP contribution is -2.30. The van der Waals surface area contributed by atoms with E-state index < -0.39 is 10.7 Å². The second kappa shape index (κ2) is 7.11. The van der Waals surface area contributed by atoms with Crippen LogP contribution in [0, 0.1) is 21.3 Å². The molecule has 0 saturated heterocycles. The monoisotopic (exact) mass is 313 g/mol. The number of nitrogens with zero attached hydrogens (tertiary/aromatic N) is 1. The van der Waals surface area contributed by atoms with Gasteiger partial charge in [-0.05, 0) is 24.7 Å². The zero-order valence-electron chi connectivity index (χ0n) is 11.9. The van der Waals surface area contributed by atoms with Crippen molar-refractivity contribution in [2.24, 2.45) is 5.41 Å². The Morgan fingerprint density at radius 2 is 1.95 bits per heavy atom. The fourth-order valence-corrected chi connectivity index (χ4v) is 3.19. The van der Waals surface area contributed by atoms with E-state index in [0.717, 1.165) is 31.7 Å². The third kappa shape index (κ3) is 4.09. The van der Waals surface area contributed by atoms with Gasteiger partial charge in [-0.1, -0.05) is 25.7 Å². The molecular formula is C15H20FNO3S. The first-order chi connectivity index (χ1) is 10.1. The predicted molar refractivity (Wildman–Crippen MR) is 82.5 cm³/mol. The molecule has 116 valence electrons. The molecule has 0 aliphatic heterocycles. The van der Waals surface area contributed by atoms with Crippen LogP contribution in [0.5, 0.6) is 5.75 Å². The van der Waals surface area contributed by atoms with Gasteiger partial charge in [-0.3, -0.25) is 10.1 Å². The first-order valence-electron chi connectivity index (χ1n) is 7.24. The average molecular weight is 313 g/mol. The SMILES string of the molecule is O=[N+]([O-])c1ccc(OCC2(CS)CCCCCC2)c(F)c1. The number of rotatable bonds is 5. The number of hydrogen-bond acceptors (Lipinski definition) is 4. The Hall–Kier alpha value is -1.30. The minimum absolute atomic E-state index is 0.0200. The second-order valence-electron chi connectivity index (χ2n) is 5.73. The largest absolute Gasteiger partial charge is 0.490 e. The number of hydrogen-bond donors (Lipinski definition) is 1. The minimum Gasteiger partial charge on any atom is -0.490 e. The van der Waals surface area contributed by atoms with Crippen LogP contribution in [0.1, 0.15) is 38.5 Å². The van der Waals surface area contributed by atoms with Gasteiger partial charge in [-0.25, -0.2) is 4.39 Å². The molecule has 4 nitrogen and oxygen atoms in total. The third-order valence-electron chi connectivity index (χ3n) is 4.16. The second-order valence-corrected chi connectivity index (χ2v) is 6.05. The maximum Gasteiger partial charge on any atom is 0.272 e. The van der Waals surface area contributed by atoms with Gasteiger partial charge >= 0.3 is 0 Å². The molecule has 1 aromatic carbocycles. The lowest BCUT2D eigenvalue weighted by Gasteiger charge is -2.30. The molecule has 0 radical (unpaired) electrons. The molecule has 0 bridgehead atoms. The number of halogens is 1. The molecule has 0 spiro atoms. The molecule has 0 unspecified atom stereocenters. The topological polar surface area (TPSA) is 52.4 Å². The van der Waals surface area contributed by atoms with Gasteiger partial charge in [0, 0.05) is 11.5 Å². The molecule has 1 fully saturated rings. The van der Waals surface area contributed by atoms with Gasteiger partial charge < -0.3 is 4.74 Å². The summed E-state index contributed by atoms with van der Waals surface area (Å²) < 4.78 is 19.4. The van der Waals surface area contributed by atoms with E-state index in [1.54, 1.807) is 0 Å². The molecule has 0 aromatic heterocycles. The number of thiol groups is 1. The average Bonchev–Trinajstić information content (AvgIpc) is 2.72. The molecular weight excluding hydrogens is 293 g/mol. The van der Waals surface area contributed by atoms with Gasteiger partial charge in [0.2, 0.25) is 0 Å². The minimum atomic E-state index is -0.688. The molecule has 21 heavy (non-hydrogen) atoms. The lowest BCUT2D eigenvalue weighted by molar-refractivity contribution is -0.385. The molecule has 0 heterocycles. The van der Waals surface area contributed by atoms with Crippen LogP contribution >= 0.6 is 12.6 Å². The van der Waals surface area contributed by atoms with E-state index in [0.29, 0.717) is 12.4 Å². The van der Waals surface area contributed by atoms with Crippen molar-refractivity contribution >= 4 is 18.3 Å². The summed E-state index contributed by atoms with van der Waals surface area (Å²) in [7, 11) is 0. The Morgan fingerprint density at radius 3 is 2.48 bits per heavy atom. The Bertz CT molecular complexity index is 502. The zero-order chi connectivity index (χ0) is 15.3. The van der Waals surface area contributed by atoms with E-state index in [1.165, 1.54) is 25.0 Å². The quantitative estimate of drug-likeness (QED) is 0.380. The van der Waals surface area contributed by atoms with Crippen molar-refractivity contribution in [2.75, 3.05) is 12.4 Å². The fourth-order valence-electron chi connectivity index (χ4n) is 2.78. The van der Waals surface area contributed by atoms with Crippen LogP contribution in [0.2, 0.25) is 0 Å². The number of non-ortho nitro benzene ring substituents is 1. The summed E-state index contributed by atoms with van der Waals surface area (Å²) in [5.41, 5.74) is -0.286. The molecule has 0 atom stereocenters. The predicted octanol–water partition coefficient (Wildman–Crippen LogP) is 4.38. The summed E-state index contributed by atoms with van der Waals surface area (Å²) in [4.78, 5) is 9.98. The molecule has 1 aliphatic rings. The summed E-state index contributed by atoms with van der Waals surface area (Å²) >= 11 is 4.45. The maximum absolute atomic E-state index is 13.8. The van der Waals surface area contributed by atoms with E-state index in [2.05, 4.69) is 12.6 Å². The molecule has 2 rings (SSSR count). The highest BCUT2D eigenvalue weighted by Gasteiger charge is 2.31. The van der Waals surface area contributed by atoms with Crippen molar-refractivity contribution in [1.29, 1.82) is 0 Å². The molecule has 1 aromatic rings. The van der Waals surface area contributed by atoms with Gasteiger partial charge in [-0.15, -0.1) is 0 Å². The zero-order valence-corrected chi connectivity index (χ0v) is 12.8. The summed E-state index contributed by atoms with van der Waals surface area (Å²) in [5.74, 6) is 0.0971. The maximum atomic E-state index is 13.8. The molecule has 0 N–H and O–H groups in total. The van der Waals surface area contributed by atoms with E-state index in [4.69, 9.17) is 4.74 Å². The Morgan fingerprint density at radius 1 is 1.29 bits per heavy atom. The van der Waals surface area contributed by atoms with Crippen LogP contribution in [-0.4, -0.2) is 17.3 Å². The Kier molecular flexibility index (Phi) is 5.45. The van der Waals surface area contributed by atoms with Crippen LogP contribution in [0.3, 0.4) is 0 Å². The summed E-state index contributed by atoms with van der Waals surface area (Å²) in [6.07, 6.45) is 6.80. The van der Waals surface area contributed by atoms with Crippen LogP contribution in [0.15, 0.2) is 18.2 Å². The lowest BCUT2D eigenvalue weighted by atomic mass is 9.83. The summed E-state index contributed by atoms with van der Waals surface area (Å²) in [6, 6.07) is 3.49. The van der Waals surface area contributed by atoms with Gasteiger partial charge in [0.05, 0.1) is 17.6 Å². The van der Waals surface area contributed by atoms with Crippen LogP contribution in [0.4, 0.5) is 10.1 Å². The molecule has 1 aliphatic carbocycles. The number of nitro groups is 1. The Balaban J connectivity index is 2.05. The number of ether oxygens (including phenoxy) is 1. The van der Waals surface area contributed by atoms with E-state index in [1.807, 2.05) is 0 Å². The molecule has 1 saturated carbocycles. The van der Waals surface area contributed by atoms with Gasteiger partial charge in [-0.2, -0.15) is 12.6 Å². The first kappa shape index (κ1) is 16.1. The highest BCUT2D eigenvalue weighted by molar-refractivity contribution is 7.80. The van der Waals surface area contributed by atoms with Crippen molar-refractivity contribution in [2.45, 2.75) is 38.5 Å². The molecule has 6 heteroatoms. The molecule has 0 amide bonds. The van der Waals surface area contributed by atoms with Crippen molar-refractivity contribution in [3.05, 3.63) is 34.1 Å². The standard InChI is InChI=1S/C15H20FNO3S/c16-13-9-12(17(18)19)5-6-14(13)20-10-15(11-21)7-3-1-2-4-8-15/h5-6,9,21H,1-4,7-8,10-11H2. The summed E-state index contributed by atoms with van der Waals surface area (Å²) in [6.45, 7) is 0.408. The van der Waals surface area contributed by atoms with Crippen molar-refractivity contribution < 1.29 is 14.1 Å². The van der Waals surface area contributed by atoms with Gasteiger partial charge in [0.15, 0.2) is 11.6 Å². The van der Waals surface area contributed by atoms with Crippen LogP contribution < -0.4 is 4.74 Å². The van der Waals surface area contributed by atoms with Crippen LogP contribution in [-0.2, 0) is 0 Å². The smallest absolute Gasteiger partial charge is 0.272 e.